The highest BCUT2D eigenvalue weighted by Gasteiger charge is 2.20. The van der Waals surface area contributed by atoms with Gasteiger partial charge in [-0.15, -0.1) is 10.2 Å². The van der Waals surface area contributed by atoms with Crippen molar-refractivity contribution in [1.29, 1.82) is 0 Å². The first-order chi connectivity index (χ1) is 7.63. The number of aromatic nitrogens is 4. The van der Waals surface area contributed by atoms with E-state index in [1.807, 2.05) is 25.3 Å². The lowest BCUT2D eigenvalue weighted by molar-refractivity contribution is 0.410. The van der Waals surface area contributed by atoms with E-state index in [0.717, 1.165) is 18.0 Å². The van der Waals surface area contributed by atoms with Crippen LogP contribution in [0.1, 0.15) is 37.4 Å². The number of rotatable bonds is 3. The quantitative estimate of drug-likeness (QED) is 0.827. The number of aryl methyl sites for hydroxylation is 2. The van der Waals surface area contributed by atoms with Crippen LogP contribution in [0.5, 0.6) is 0 Å². The maximum absolute atomic E-state index is 6.00. The van der Waals surface area contributed by atoms with Crippen LogP contribution >= 0.6 is 11.6 Å². The Bertz CT molecular complexity index is 491. The molecule has 1 atom stereocenters. The van der Waals surface area contributed by atoms with Crippen molar-refractivity contribution in [2.45, 2.75) is 33.2 Å². The van der Waals surface area contributed by atoms with Crippen molar-refractivity contribution in [2.75, 3.05) is 0 Å². The van der Waals surface area contributed by atoms with Gasteiger partial charge in [-0.1, -0.05) is 6.92 Å². The van der Waals surface area contributed by atoms with E-state index in [0.29, 0.717) is 11.2 Å². The molecule has 0 aromatic carbocycles. The van der Waals surface area contributed by atoms with Crippen molar-refractivity contribution in [3.63, 3.8) is 0 Å². The van der Waals surface area contributed by atoms with Crippen LogP contribution < -0.4 is 0 Å². The SMILES string of the molecule is CCc1nnc(Cl)n1C(C)c1ncc(C)o1. The highest BCUT2D eigenvalue weighted by Crippen LogP contribution is 2.23. The molecule has 0 aliphatic carbocycles. The van der Waals surface area contributed by atoms with Crippen LogP contribution in [-0.4, -0.2) is 19.7 Å². The molecule has 2 aromatic heterocycles. The summed E-state index contributed by atoms with van der Waals surface area (Å²) in [6, 6.07) is -0.0915. The first kappa shape index (κ1) is 11.1. The molecule has 0 aliphatic rings. The van der Waals surface area contributed by atoms with Crippen molar-refractivity contribution in [1.82, 2.24) is 19.7 Å². The van der Waals surface area contributed by atoms with Gasteiger partial charge < -0.3 is 4.42 Å². The van der Waals surface area contributed by atoms with E-state index in [1.165, 1.54) is 0 Å². The van der Waals surface area contributed by atoms with Crippen LogP contribution in [0.3, 0.4) is 0 Å². The van der Waals surface area contributed by atoms with E-state index in [1.54, 1.807) is 6.20 Å². The van der Waals surface area contributed by atoms with Crippen molar-refractivity contribution in [3.8, 4) is 0 Å². The van der Waals surface area contributed by atoms with Crippen LogP contribution in [0, 0.1) is 6.92 Å². The lowest BCUT2D eigenvalue weighted by Gasteiger charge is -2.12. The number of hydrogen-bond donors (Lipinski definition) is 0. The molecule has 6 heteroatoms. The molecule has 2 aromatic rings. The molecule has 0 bridgehead atoms. The Hall–Kier alpha value is -1.36. The average Bonchev–Trinajstić information content (AvgIpc) is 2.83. The van der Waals surface area contributed by atoms with Gasteiger partial charge in [-0.25, -0.2) is 4.98 Å². The van der Waals surface area contributed by atoms with Crippen LogP contribution in [0.25, 0.3) is 0 Å². The molecule has 0 saturated carbocycles. The Morgan fingerprint density at radius 3 is 2.81 bits per heavy atom. The summed E-state index contributed by atoms with van der Waals surface area (Å²) in [5, 5.41) is 8.21. The Morgan fingerprint density at radius 2 is 2.25 bits per heavy atom. The molecule has 2 heterocycles. The molecular weight excluding hydrogens is 228 g/mol. The highest BCUT2D eigenvalue weighted by atomic mass is 35.5. The van der Waals surface area contributed by atoms with E-state index in [4.69, 9.17) is 16.0 Å². The lowest BCUT2D eigenvalue weighted by Crippen LogP contribution is -2.10. The average molecular weight is 241 g/mol. The van der Waals surface area contributed by atoms with Gasteiger partial charge in [0.25, 0.3) is 0 Å². The topological polar surface area (TPSA) is 56.7 Å². The van der Waals surface area contributed by atoms with Crippen LogP contribution in [0.15, 0.2) is 10.6 Å². The summed E-state index contributed by atoms with van der Waals surface area (Å²) in [6.45, 7) is 5.82. The van der Waals surface area contributed by atoms with Crippen molar-refractivity contribution >= 4 is 11.6 Å². The molecule has 5 nitrogen and oxygen atoms in total. The molecule has 16 heavy (non-hydrogen) atoms. The van der Waals surface area contributed by atoms with Crippen LogP contribution in [-0.2, 0) is 6.42 Å². The van der Waals surface area contributed by atoms with Gasteiger partial charge in [-0.3, -0.25) is 4.57 Å². The largest absolute Gasteiger partial charge is 0.444 e. The van der Waals surface area contributed by atoms with E-state index < -0.39 is 0 Å². The van der Waals surface area contributed by atoms with E-state index in [2.05, 4.69) is 15.2 Å². The van der Waals surface area contributed by atoms with E-state index in [-0.39, 0.29) is 6.04 Å². The summed E-state index contributed by atoms with van der Waals surface area (Å²) in [5.41, 5.74) is 0. The molecule has 0 radical (unpaired) electrons. The Balaban J connectivity index is 2.40. The van der Waals surface area contributed by atoms with Crippen molar-refractivity contribution in [3.05, 3.63) is 29.0 Å². The normalized spacial score (nSPS) is 13.0. The maximum atomic E-state index is 6.00. The van der Waals surface area contributed by atoms with Crippen molar-refractivity contribution < 1.29 is 4.42 Å². The Labute approximate surface area is 98.5 Å². The molecule has 0 saturated heterocycles. The Morgan fingerprint density at radius 1 is 1.50 bits per heavy atom. The smallest absolute Gasteiger partial charge is 0.225 e. The molecular formula is C10H13ClN4O. The summed E-state index contributed by atoms with van der Waals surface area (Å²) in [4.78, 5) is 4.19. The standard InChI is InChI=1S/C10H13ClN4O/c1-4-8-13-14-10(11)15(8)7(3)9-12-5-6(2)16-9/h5,7H,4H2,1-3H3. The van der Waals surface area contributed by atoms with Gasteiger partial charge in [0.15, 0.2) is 0 Å². The van der Waals surface area contributed by atoms with E-state index >= 15 is 0 Å². The molecule has 0 N–H and O–H groups in total. The molecule has 0 amide bonds. The fourth-order valence-electron chi connectivity index (χ4n) is 1.60. The molecule has 0 spiro atoms. The lowest BCUT2D eigenvalue weighted by atomic mass is 10.3. The zero-order valence-corrected chi connectivity index (χ0v) is 10.2. The van der Waals surface area contributed by atoms with Gasteiger partial charge in [-0.05, 0) is 25.4 Å². The van der Waals surface area contributed by atoms with Gasteiger partial charge in [0.1, 0.15) is 17.6 Å². The summed E-state index contributed by atoms with van der Waals surface area (Å²) < 4.78 is 7.30. The van der Waals surface area contributed by atoms with Gasteiger partial charge in [0.2, 0.25) is 11.2 Å². The number of hydrogen-bond acceptors (Lipinski definition) is 4. The summed E-state index contributed by atoms with van der Waals surface area (Å²) in [7, 11) is 0. The second-order valence-electron chi connectivity index (χ2n) is 3.59. The summed E-state index contributed by atoms with van der Waals surface area (Å²) in [5.74, 6) is 2.23. The minimum atomic E-state index is -0.0915. The van der Waals surface area contributed by atoms with Crippen LogP contribution in [0.4, 0.5) is 0 Å². The third-order valence-corrected chi connectivity index (χ3v) is 2.68. The minimum absolute atomic E-state index is 0.0915. The first-order valence-corrected chi connectivity index (χ1v) is 5.52. The van der Waals surface area contributed by atoms with Gasteiger partial charge >= 0.3 is 0 Å². The predicted octanol–water partition coefficient (Wildman–Crippen LogP) is 2.40. The minimum Gasteiger partial charge on any atom is -0.444 e. The molecule has 2 rings (SSSR count). The summed E-state index contributed by atoms with van der Waals surface area (Å²) in [6.07, 6.45) is 2.46. The second-order valence-corrected chi connectivity index (χ2v) is 3.93. The number of nitrogens with zero attached hydrogens (tertiary/aromatic N) is 4. The Kier molecular flexibility index (Phi) is 2.96. The fraction of sp³-hybridized carbons (Fsp3) is 0.500. The van der Waals surface area contributed by atoms with Crippen LogP contribution in [0.2, 0.25) is 5.28 Å². The fourth-order valence-corrected chi connectivity index (χ4v) is 1.88. The molecule has 0 aliphatic heterocycles. The van der Waals surface area contributed by atoms with Crippen molar-refractivity contribution in [2.24, 2.45) is 0 Å². The number of halogens is 1. The second kappa shape index (κ2) is 4.25. The van der Waals surface area contributed by atoms with E-state index in [9.17, 15) is 0 Å². The predicted molar refractivity (Wildman–Crippen MR) is 59.5 cm³/mol. The summed E-state index contributed by atoms with van der Waals surface area (Å²) >= 11 is 6.00. The highest BCUT2D eigenvalue weighted by molar-refractivity contribution is 6.28. The third kappa shape index (κ3) is 1.82. The van der Waals surface area contributed by atoms with Gasteiger partial charge in [0, 0.05) is 6.42 Å². The number of oxazole rings is 1. The zero-order chi connectivity index (χ0) is 11.7. The van der Waals surface area contributed by atoms with Gasteiger partial charge in [-0.2, -0.15) is 0 Å². The third-order valence-electron chi connectivity index (χ3n) is 2.42. The monoisotopic (exact) mass is 240 g/mol. The maximum Gasteiger partial charge on any atom is 0.225 e. The zero-order valence-electron chi connectivity index (χ0n) is 9.44. The first-order valence-electron chi connectivity index (χ1n) is 5.15. The van der Waals surface area contributed by atoms with Gasteiger partial charge in [0.05, 0.1) is 6.20 Å². The molecule has 1 unspecified atom stereocenters. The molecule has 0 fully saturated rings. The molecule has 86 valence electrons.